The fourth-order valence-corrected chi connectivity index (χ4v) is 3.69. The van der Waals surface area contributed by atoms with Gasteiger partial charge in [0.1, 0.15) is 11.6 Å². The minimum absolute atomic E-state index is 0.0310. The zero-order valence-electron chi connectivity index (χ0n) is 16.8. The zero-order chi connectivity index (χ0) is 21.5. The fraction of sp³-hybridized carbons (Fsp3) is 0.364. The molecule has 30 heavy (non-hydrogen) atoms. The first kappa shape index (κ1) is 22.2. The van der Waals surface area contributed by atoms with Gasteiger partial charge in [-0.3, -0.25) is 14.5 Å². The second-order valence-corrected chi connectivity index (χ2v) is 8.05. The molecule has 2 aromatic carbocycles. The Morgan fingerprint density at radius 3 is 2.50 bits per heavy atom. The highest BCUT2D eigenvalue weighted by molar-refractivity contribution is 9.10. The summed E-state index contributed by atoms with van der Waals surface area (Å²) < 4.78 is 19.4. The summed E-state index contributed by atoms with van der Waals surface area (Å²) >= 11 is 3.24. The summed E-state index contributed by atoms with van der Waals surface area (Å²) in [5.41, 5.74) is 1.06. The van der Waals surface area contributed by atoms with Crippen molar-refractivity contribution in [2.75, 3.05) is 32.7 Å². The lowest BCUT2D eigenvalue weighted by atomic mass is 10.2. The van der Waals surface area contributed by atoms with Crippen LogP contribution in [0.25, 0.3) is 0 Å². The van der Waals surface area contributed by atoms with Crippen LogP contribution in [-0.2, 0) is 16.1 Å². The van der Waals surface area contributed by atoms with Gasteiger partial charge in [0.2, 0.25) is 5.91 Å². The molecule has 0 bridgehead atoms. The Kier molecular flexibility index (Phi) is 7.81. The van der Waals surface area contributed by atoms with Gasteiger partial charge in [-0.25, -0.2) is 4.39 Å². The Balaban J connectivity index is 1.41. The second-order valence-electron chi connectivity index (χ2n) is 7.20. The van der Waals surface area contributed by atoms with Crippen LogP contribution in [0.5, 0.6) is 5.75 Å². The fourth-order valence-electron chi connectivity index (χ4n) is 3.25. The molecular weight excluding hydrogens is 453 g/mol. The molecule has 1 saturated heterocycles. The van der Waals surface area contributed by atoms with Crippen LogP contribution in [0.1, 0.15) is 12.5 Å². The summed E-state index contributed by atoms with van der Waals surface area (Å²) in [4.78, 5) is 28.6. The zero-order valence-corrected chi connectivity index (χ0v) is 18.4. The molecule has 0 aromatic heterocycles. The molecule has 0 saturated carbocycles. The van der Waals surface area contributed by atoms with E-state index in [-0.39, 0.29) is 17.6 Å². The molecule has 6 nitrogen and oxygen atoms in total. The number of hydrogen-bond donors (Lipinski definition) is 1. The van der Waals surface area contributed by atoms with Crippen LogP contribution < -0.4 is 10.1 Å². The standard InChI is InChI=1S/C22H25BrFN3O3/c1-16(30-20-8-7-18(24)13-19(20)23)22(29)27-11-9-26(10-12-27)15-21(28)25-14-17-5-3-2-4-6-17/h2-8,13,16H,9-12,14-15H2,1H3,(H,25,28). The smallest absolute Gasteiger partial charge is 0.263 e. The molecule has 1 unspecified atom stereocenters. The molecule has 8 heteroatoms. The van der Waals surface area contributed by atoms with Gasteiger partial charge in [-0.15, -0.1) is 0 Å². The van der Waals surface area contributed by atoms with E-state index in [1.807, 2.05) is 35.2 Å². The van der Waals surface area contributed by atoms with E-state index in [1.54, 1.807) is 11.8 Å². The highest BCUT2D eigenvalue weighted by atomic mass is 79.9. The Morgan fingerprint density at radius 1 is 1.13 bits per heavy atom. The molecule has 2 aromatic rings. The van der Waals surface area contributed by atoms with Gasteiger partial charge in [0.05, 0.1) is 11.0 Å². The molecule has 1 heterocycles. The van der Waals surface area contributed by atoms with E-state index >= 15 is 0 Å². The predicted molar refractivity (Wildman–Crippen MR) is 115 cm³/mol. The van der Waals surface area contributed by atoms with Crippen LogP contribution in [0.4, 0.5) is 4.39 Å². The number of hydrogen-bond acceptors (Lipinski definition) is 4. The number of carbonyl (C=O) groups is 2. The van der Waals surface area contributed by atoms with Gasteiger partial charge in [-0.05, 0) is 46.6 Å². The molecule has 160 valence electrons. The van der Waals surface area contributed by atoms with E-state index in [1.165, 1.54) is 18.2 Å². The third-order valence-corrected chi connectivity index (χ3v) is 5.55. The number of benzene rings is 2. The van der Waals surface area contributed by atoms with Crippen LogP contribution in [-0.4, -0.2) is 60.4 Å². The molecule has 1 aliphatic heterocycles. The number of piperazine rings is 1. The molecular formula is C22H25BrFN3O3. The van der Waals surface area contributed by atoms with Gasteiger partial charge in [-0.2, -0.15) is 0 Å². The topological polar surface area (TPSA) is 61.9 Å². The van der Waals surface area contributed by atoms with Gasteiger partial charge < -0.3 is 15.0 Å². The van der Waals surface area contributed by atoms with E-state index in [0.29, 0.717) is 49.5 Å². The Morgan fingerprint density at radius 2 is 1.83 bits per heavy atom. The minimum Gasteiger partial charge on any atom is -0.480 e. The van der Waals surface area contributed by atoms with Crippen molar-refractivity contribution in [3.63, 3.8) is 0 Å². The van der Waals surface area contributed by atoms with Crippen molar-refractivity contribution >= 4 is 27.7 Å². The van der Waals surface area contributed by atoms with Gasteiger partial charge in [0.15, 0.2) is 6.10 Å². The monoisotopic (exact) mass is 477 g/mol. The van der Waals surface area contributed by atoms with Crippen molar-refractivity contribution in [2.24, 2.45) is 0 Å². The maximum atomic E-state index is 13.2. The second kappa shape index (κ2) is 10.5. The van der Waals surface area contributed by atoms with Crippen molar-refractivity contribution in [1.82, 2.24) is 15.1 Å². The van der Waals surface area contributed by atoms with E-state index in [9.17, 15) is 14.0 Å². The molecule has 2 amide bonds. The number of carbonyl (C=O) groups excluding carboxylic acids is 2. The third-order valence-electron chi connectivity index (χ3n) is 4.93. The maximum absolute atomic E-state index is 13.2. The normalized spacial score (nSPS) is 15.5. The van der Waals surface area contributed by atoms with Gasteiger partial charge in [0, 0.05) is 32.7 Å². The average molecular weight is 478 g/mol. The number of nitrogens with one attached hydrogen (secondary N) is 1. The van der Waals surface area contributed by atoms with Crippen molar-refractivity contribution < 1.29 is 18.7 Å². The van der Waals surface area contributed by atoms with Crippen molar-refractivity contribution in [3.8, 4) is 5.75 Å². The molecule has 0 radical (unpaired) electrons. The summed E-state index contributed by atoms with van der Waals surface area (Å²) in [6.07, 6.45) is -0.688. The van der Waals surface area contributed by atoms with Crippen LogP contribution in [0.15, 0.2) is 53.0 Å². The Bertz CT molecular complexity index is 873. The molecule has 1 aliphatic rings. The molecule has 1 atom stereocenters. The quantitative estimate of drug-likeness (QED) is 0.665. The SMILES string of the molecule is CC(Oc1ccc(F)cc1Br)C(=O)N1CCN(CC(=O)NCc2ccccc2)CC1. The number of amides is 2. The van der Waals surface area contributed by atoms with Gasteiger partial charge >= 0.3 is 0 Å². The average Bonchev–Trinajstić information content (AvgIpc) is 2.75. The van der Waals surface area contributed by atoms with Gasteiger partial charge in [0.25, 0.3) is 5.91 Å². The lowest BCUT2D eigenvalue weighted by Gasteiger charge is -2.35. The van der Waals surface area contributed by atoms with E-state index in [2.05, 4.69) is 21.2 Å². The Labute approximate surface area is 184 Å². The number of rotatable bonds is 7. The molecule has 0 spiro atoms. The van der Waals surface area contributed by atoms with Gasteiger partial charge in [-0.1, -0.05) is 30.3 Å². The number of halogens is 2. The number of ether oxygens (including phenoxy) is 1. The molecule has 3 rings (SSSR count). The summed E-state index contributed by atoms with van der Waals surface area (Å²) in [6.45, 7) is 4.80. The third kappa shape index (κ3) is 6.27. The summed E-state index contributed by atoms with van der Waals surface area (Å²) in [6, 6.07) is 13.9. The predicted octanol–water partition coefficient (Wildman–Crippen LogP) is 2.82. The molecule has 1 N–H and O–H groups in total. The van der Waals surface area contributed by atoms with Crippen molar-refractivity contribution in [3.05, 3.63) is 64.4 Å². The van der Waals surface area contributed by atoms with Crippen molar-refractivity contribution in [2.45, 2.75) is 19.6 Å². The first-order chi connectivity index (χ1) is 14.4. The largest absolute Gasteiger partial charge is 0.480 e. The van der Waals surface area contributed by atoms with Crippen molar-refractivity contribution in [1.29, 1.82) is 0 Å². The lowest BCUT2D eigenvalue weighted by molar-refractivity contribution is -0.139. The van der Waals surface area contributed by atoms with E-state index in [0.717, 1.165) is 5.56 Å². The lowest BCUT2D eigenvalue weighted by Crippen LogP contribution is -2.53. The van der Waals surface area contributed by atoms with E-state index in [4.69, 9.17) is 4.74 Å². The first-order valence-electron chi connectivity index (χ1n) is 9.86. The van der Waals surface area contributed by atoms with Crippen LogP contribution in [0, 0.1) is 5.82 Å². The van der Waals surface area contributed by atoms with E-state index < -0.39 is 6.10 Å². The highest BCUT2D eigenvalue weighted by Gasteiger charge is 2.27. The van der Waals surface area contributed by atoms with Crippen LogP contribution in [0.2, 0.25) is 0 Å². The minimum atomic E-state index is -0.688. The first-order valence-corrected chi connectivity index (χ1v) is 10.6. The molecule has 0 aliphatic carbocycles. The molecule has 1 fully saturated rings. The van der Waals surface area contributed by atoms with Crippen LogP contribution >= 0.6 is 15.9 Å². The summed E-state index contributed by atoms with van der Waals surface area (Å²) in [5.74, 6) is -0.112. The highest BCUT2D eigenvalue weighted by Crippen LogP contribution is 2.26. The summed E-state index contributed by atoms with van der Waals surface area (Å²) in [7, 11) is 0. The van der Waals surface area contributed by atoms with Crippen LogP contribution in [0.3, 0.4) is 0 Å². The number of nitrogens with zero attached hydrogens (tertiary/aromatic N) is 2. The Hall–Kier alpha value is -2.45. The summed E-state index contributed by atoms with van der Waals surface area (Å²) in [5, 5.41) is 2.92. The maximum Gasteiger partial charge on any atom is 0.263 e.